The second kappa shape index (κ2) is 8.60. The van der Waals surface area contributed by atoms with Crippen molar-refractivity contribution in [2.24, 2.45) is 0 Å². The molecule has 0 atom stereocenters. The molecule has 27 heavy (non-hydrogen) atoms. The first kappa shape index (κ1) is 18.8. The van der Waals surface area contributed by atoms with Crippen molar-refractivity contribution in [2.45, 2.75) is 0 Å². The lowest BCUT2D eigenvalue weighted by atomic mass is 10.1. The predicted octanol–water partition coefficient (Wildman–Crippen LogP) is 3.99. The van der Waals surface area contributed by atoms with E-state index >= 15 is 0 Å². The smallest absolute Gasteiger partial charge is 0.230 e. The number of methoxy groups -OCH3 is 1. The molecule has 5 nitrogen and oxygen atoms in total. The zero-order valence-corrected chi connectivity index (χ0v) is 15.8. The summed E-state index contributed by atoms with van der Waals surface area (Å²) in [6.07, 6.45) is 1.70. The van der Waals surface area contributed by atoms with Crippen molar-refractivity contribution in [3.63, 3.8) is 0 Å². The zero-order chi connectivity index (χ0) is 19.2. The van der Waals surface area contributed by atoms with Crippen molar-refractivity contribution in [1.29, 1.82) is 0 Å². The largest absolute Gasteiger partial charge is 0.494 e. The number of ether oxygens (including phenoxy) is 1. The molecule has 3 aromatic rings. The molecule has 0 saturated heterocycles. The van der Waals surface area contributed by atoms with Gasteiger partial charge in [-0.1, -0.05) is 18.2 Å². The van der Waals surface area contributed by atoms with E-state index in [1.54, 1.807) is 24.4 Å². The molecule has 0 spiro atoms. The van der Waals surface area contributed by atoms with Crippen LogP contribution in [-0.4, -0.2) is 49.2 Å². The van der Waals surface area contributed by atoms with Gasteiger partial charge in [-0.05, 0) is 50.5 Å². The summed E-state index contributed by atoms with van der Waals surface area (Å²) < 4.78 is 19.1. The molecular weight excluding hydrogens is 343 g/mol. The normalized spacial score (nSPS) is 10.9. The van der Waals surface area contributed by atoms with Crippen LogP contribution in [-0.2, 0) is 0 Å². The fourth-order valence-electron chi connectivity index (χ4n) is 2.72. The maximum Gasteiger partial charge on any atom is 0.230 e. The fraction of sp³-hybridized carbons (Fsp3) is 0.238. The Bertz CT molecular complexity index is 886. The Hall–Kier alpha value is -2.99. The van der Waals surface area contributed by atoms with Crippen molar-refractivity contribution in [1.82, 2.24) is 14.9 Å². The van der Waals surface area contributed by atoms with E-state index in [1.807, 2.05) is 44.4 Å². The Kier molecular flexibility index (Phi) is 5.98. The predicted molar refractivity (Wildman–Crippen MR) is 106 cm³/mol. The molecule has 0 aliphatic rings. The molecule has 0 radical (unpaired) electrons. The first-order valence-corrected chi connectivity index (χ1v) is 8.73. The molecule has 0 fully saturated rings. The van der Waals surface area contributed by atoms with Crippen LogP contribution < -0.4 is 9.64 Å². The van der Waals surface area contributed by atoms with Crippen LogP contribution in [0.3, 0.4) is 0 Å². The minimum Gasteiger partial charge on any atom is -0.494 e. The van der Waals surface area contributed by atoms with E-state index in [9.17, 15) is 4.39 Å². The molecule has 0 N–H and O–H groups in total. The maximum atomic E-state index is 14.1. The highest BCUT2D eigenvalue weighted by Crippen LogP contribution is 2.27. The molecule has 0 bridgehead atoms. The SMILES string of the molecule is COc1ccc(-c2ccnc(N(CCN(C)C)c3ccccc3)n2)cc1F. The topological polar surface area (TPSA) is 41.5 Å². The maximum absolute atomic E-state index is 14.1. The molecule has 2 aromatic carbocycles. The lowest BCUT2D eigenvalue weighted by Gasteiger charge is -2.24. The minimum absolute atomic E-state index is 0.213. The van der Waals surface area contributed by atoms with Crippen molar-refractivity contribution >= 4 is 11.6 Å². The van der Waals surface area contributed by atoms with Crippen LogP contribution in [0.1, 0.15) is 0 Å². The van der Waals surface area contributed by atoms with Crippen molar-refractivity contribution in [3.8, 4) is 17.0 Å². The van der Waals surface area contributed by atoms with Gasteiger partial charge in [0.25, 0.3) is 0 Å². The van der Waals surface area contributed by atoms with Crippen molar-refractivity contribution < 1.29 is 9.13 Å². The molecule has 6 heteroatoms. The second-order valence-electron chi connectivity index (χ2n) is 6.38. The van der Waals surface area contributed by atoms with Gasteiger partial charge in [-0.2, -0.15) is 0 Å². The Balaban J connectivity index is 1.96. The third-order valence-electron chi connectivity index (χ3n) is 4.17. The molecular formula is C21H23FN4O. The van der Waals surface area contributed by atoms with Crippen LogP contribution in [0.25, 0.3) is 11.3 Å². The fourth-order valence-corrected chi connectivity index (χ4v) is 2.72. The number of rotatable bonds is 7. The van der Waals surface area contributed by atoms with Gasteiger partial charge in [0.2, 0.25) is 5.95 Å². The Morgan fingerprint density at radius 3 is 2.44 bits per heavy atom. The van der Waals surface area contributed by atoms with Crippen molar-refractivity contribution in [3.05, 3.63) is 66.6 Å². The van der Waals surface area contributed by atoms with E-state index in [0.717, 1.165) is 18.8 Å². The van der Waals surface area contributed by atoms with Crippen LogP contribution in [0.4, 0.5) is 16.0 Å². The number of hydrogen-bond acceptors (Lipinski definition) is 5. The monoisotopic (exact) mass is 366 g/mol. The van der Waals surface area contributed by atoms with Crippen LogP contribution in [0.2, 0.25) is 0 Å². The molecule has 140 valence electrons. The number of anilines is 2. The number of halogens is 1. The molecule has 0 amide bonds. The number of likely N-dealkylation sites (N-methyl/N-ethyl adjacent to an activating group) is 1. The molecule has 3 rings (SSSR count). The first-order chi connectivity index (χ1) is 13.1. The van der Waals surface area contributed by atoms with Crippen LogP contribution >= 0.6 is 0 Å². The van der Waals surface area contributed by atoms with E-state index in [-0.39, 0.29) is 5.75 Å². The molecule has 0 aliphatic heterocycles. The molecule has 0 unspecified atom stereocenters. The Labute approximate surface area is 159 Å². The van der Waals surface area contributed by atoms with Gasteiger partial charge in [-0.15, -0.1) is 0 Å². The minimum atomic E-state index is -0.414. The number of benzene rings is 2. The summed E-state index contributed by atoms with van der Waals surface area (Å²) in [4.78, 5) is 13.3. The Morgan fingerprint density at radius 2 is 1.78 bits per heavy atom. The third kappa shape index (κ3) is 4.60. The highest BCUT2D eigenvalue weighted by molar-refractivity contribution is 5.64. The van der Waals surface area contributed by atoms with Gasteiger partial charge in [0.05, 0.1) is 12.8 Å². The molecule has 1 aromatic heterocycles. The lowest BCUT2D eigenvalue weighted by molar-refractivity contribution is 0.386. The van der Waals surface area contributed by atoms with E-state index in [1.165, 1.54) is 13.2 Å². The summed E-state index contributed by atoms with van der Waals surface area (Å²) in [6.45, 7) is 1.58. The van der Waals surface area contributed by atoms with E-state index in [0.29, 0.717) is 17.2 Å². The van der Waals surface area contributed by atoms with Gasteiger partial charge in [-0.3, -0.25) is 0 Å². The van der Waals surface area contributed by atoms with Gasteiger partial charge in [-0.25, -0.2) is 14.4 Å². The van der Waals surface area contributed by atoms with Gasteiger partial charge in [0.1, 0.15) is 0 Å². The average Bonchev–Trinajstić information content (AvgIpc) is 2.69. The van der Waals surface area contributed by atoms with E-state index in [4.69, 9.17) is 4.74 Å². The van der Waals surface area contributed by atoms with Gasteiger partial charge < -0.3 is 14.5 Å². The lowest BCUT2D eigenvalue weighted by Crippen LogP contribution is -2.29. The number of nitrogens with zero attached hydrogens (tertiary/aromatic N) is 4. The summed E-state index contributed by atoms with van der Waals surface area (Å²) in [6, 6.07) is 16.6. The summed E-state index contributed by atoms with van der Waals surface area (Å²) in [5.41, 5.74) is 2.35. The standard InChI is InChI=1S/C21H23FN4O/c1-25(2)13-14-26(17-7-5-4-6-8-17)21-23-12-11-19(24-21)16-9-10-20(27-3)18(22)15-16/h4-12,15H,13-14H2,1-3H3. The molecule has 0 saturated carbocycles. The number of hydrogen-bond donors (Lipinski definition) is 0. The average molecular weight is 366 g/mol. The first-order valence-electron chi connectivity index (χ1n) is 8.73. The number of aromatic nitrogens is 2. The highest BCUT2D eigenvalue weighted by atomic mass is 19.1. The number of para-hydroxylation sites is 1. The summed E-state index contributed by atoms with van der Waals surface area (Å²) in [5, 5.41) is 0. The quantitative estimate of drug-likeness (QED) is 0.632. The van der Waals surface area contributed by atoms with Gasteiger partial charge in [0.15, 0.2) is 11.6 Å². The van der Waals surface area contributed by atoms with Crippen molar-refractivity contribution in [2.75, 3.05) is 39.2 Å². The zero-order valence-electron chi connectivity index (χ0n) is 15.8. The van der Waals surface area contributed by atoms with Crippen LogP contribution in [0.5, 0.6) is 5.75 Å². The molecule has 0 aliphatic carbocycles. The van der Waals surface area contributed by atoms with Gasteiger partial charge >= 0.3 is 0 Å². The van der Waals surface area contributed by atoms with E-state index in [2.05, 4.69) is 19.8 Å². The molecule has 1 heterocycles. The van der Waals surface area contributed by atoms with Crippen LogP contribution in [0, 0.1) is 5.82 Å². The summed E-state index contributed by atoms with van der Waals surface area (Å²) in [7, 11) is 5.50. The van der Waals surface area contributed by atoms with Gasteiger partial charge in [0, 0.05) is 30.5 Å². The Morgan fingerprint density at radius 1 is 1.00 bits per heavy atom. The summed E-state index contributed by atoms with van der Waals surface area (Å²) >= 11 is 0. The highest BCUT2D eigenvalue weighted by Gasteiger charge is 2.14. The van der Waals surface area contributed by atoms with E-state index < -0.39 is 5.82 Å². The summed E-state index contributed by atoms with van der Waals surface area (Å²) in [5.74, 6) is 0.379. The second-order valence-corrected chi connectivity index (χ2v) is 6.38. The van der Waals surface area contributed by atoms with Crippen LogP contribution in [0.15, 0.2) is 60.8 Å². The third-order valence-corrected chi connectivity index (χ3v) is 4.17.